The van der Waals surface area contributed by atoms with E-state index in [1.807, 2.05) is 48.5 Å². The van der Waals surface area contributed by atoms with Crippen LogP contribution in [0.4, 0.5) is 11.5 Å². The zero-order chi connectivity index (χ0) is 15.2. The molecular weight excluding hydrogens is 310 g/mol. The van der Waals surface area contributed by atoms with Gasteiger partial charge in [0, 0.05) is 11.1 Å². The number of unbranched alkanes of at least 4 members (excludes halogenated alkanes) is 1. The third-order valence-corrected chi connectivity index (χ3v) is 3.43. The first kappa shape index (κ1) is 17.0. The third kappa shape index (κ3) is 4.33. The van der Waals surface area contributed by atoms with Crippen LogP contribution < -0.4 is 10.1 Å². The average molecular weight is 330 g/mol. The van der Waals surface area contributed by atoms with Crippen LogP contribution in [0.1, 0.15) is 19.8 Å². The predicted octanol–water partition coefficient (Wildman–Crippen LogP) is 4.97. The van der Waals surface area contributed by atoms with Gasteiger partial charge >= 0.3 is 0 Å². The number of aromatic nitrogens is 2. The molecule has 0 saturated heterocycles. The van der Waals surface area contributed by atoms with Gasteiger partial charge in [0.1, 0.15) is 17.9 Å². The van der Waals surface area contributed by atoms with Crippen LogP contribution in [-0.2, 0) is 0 Å². The standard InChI is InChI=1S/C18H19N3O.ClH/c1-2-3-12-22-15-10-8-14(9-11-15)21-18-16-6-4-5-7-17(16)19-13-20-18;/h4-11,13H,2-3,12H2,1H3,(H,19,20,21);1H. The summed E-state index contributed by atoms with van der Waals surface area (Å²) >= 11 is 0. The minimum atomic E-state index is 0. The van der Waals surface area contributed by atoms with Crippen molar-refractivity contribution in [1.29, 1.82) is 0 Å². The number of hydrogen-bond acceptors (Lipinski definition) is 4. The van der Waals surface area contributed by atoms with Crippen LogP contribution in [0.5, 0.6) is 5.75 Å². The number of nitrogens with one attached hydrogen (secondary N) is 1. The lowest BCUT2D eigenvalue weighted by molar-refractivity contribution is 0.309. The second-order valence-corrected chi connectivity index (χ2v) is 5.09. The smallest absolute Gasteiger partial charge is 0.141 e. The van der Waals surface area contributed by atoms with Crippen molar-refractivity contribution >= 4 is 34.8 Å². The fourth-order valence-electron chi connectivity index (χ4n) is 2.21. The maximum Gasteiger partial charge on any atom is 0.141 e. The van der Waals surface area contributed by atoms with E-state index in [1.165, 1.54) is 0 Å². The average Bonchev–Trinajstić information content (AvgIpc) is 2.57. The Hall–Kier alpha value is -2.33. The normalized spacial score (nSPS) is 10.1. The summed E-state index contributed by atoms with van der Waals surface area (Å²) in [4.78, 5) is 8.60. The van der Waals surface area contributed by atoms with Gasteiger partial charge in [0.05, 0.1) is 12.1 Å². The number of para-hydroxylation sites is 1. The fraction of sp³-hybridized carbons (Fsp3) is 0.222. The number of fused-ring (bicyclic) bond motifs is 1. The molecule has 0 atom stereocenters. The summed E-state index contributed by atoms with van der Waals surface area (Å²) in [7, 11) is 0. The second-order valence-electron chi connectivity index (χ2n) is 5.09. The van der Waals surface area contributed by atoms with Crippen molar-refractivity contribution in [2.45, 2.75) is 19.8 Å². The molecule has 0 aliphatic carbocycles. The summed E-state index contributed by atoms with van der Waals surface area (Å²) in [6, 6.07) is 15.9. The van der Waals surface area contributed by atoms with Gasteiger partial charge in [-0.05, 0) is 42.8 Å². The molecule has 3 rings (SSSR count). The third-order valence-electron chi connectivity index (χ3n) is 3.43. The quantitative estimate of drug-likeness (QED) is 0.648. The van der Waals surface area contributed by atoms with E-state index in [-0.39, 0.29) is 12.4 Å². The van der Waals surface area contributed by atoms with E-state index in [4.69, 9.17) is 4.74 Å². The van der Waals surface area contributed by atoms with Crippen molar-refractivity contribution in [2.75, 3.05) is 11.9 Å². The van der Waals surface area contributed by atoms with Crippen LogP contribution in [0.15, 0.2) is 54.9 Å². The number of anilines is 2. The largest absolute Gasteiger partial charge is 0.494 e. The van der Waals surface area contributed by atoms with E-state index in [9.17, 15) is 0 Å². The second kappa shape index (κ2) is 8.34. The van der Waals surface area contributed by atoms with Gasteiger partial charge in [-0.2, -0.15) is 0 Å². The summed E-state index contributed by atoms with van der Waals surface area (Å²) in [5.41, 5.74) is 1.91. The predicted molar refractivity (Wildman–Crippen MR) is 96.9 cm³/mol. The van der Waals surface area contributed by atoms with Crippen molar-refractivity contribution in [1.82, 2.24) is 9.97 Å². The van der Waals surface area contributed by atoms with Crippen LogP contribution in [0.3, 0.4) is 0 Å². The number of rotatable bonds is 6. The molecule has 23 heavy (non-hydrogen) atoms. The Kier molecular flexibility index (Phi) is 6.18. The molecule has 5 heteroatoms. The molecule has 0 fully saturated rings. The van der Waals surface area contributed by atoms with Crippen LogP contribution in [-0.4, -0.2) is 16.6 Å². The first-order chi connectivity index (χ1) is 10.9. The molecular formula is C18H20ClN3O. The molecule has 0 aliphatic rings. The van der Waals surface area contributed by atoms with Crippen molar-refractivity contribution in [2.24, 2.45) is 0 Å². The Bertz CT molecular complexity index is 741. The minimum Gasteiger partial charge on any atom is -0.494 e. The highest BCUT2D eigenvalue weighted by atomic mass is 35.5. The molecule has 0 spiro atoms. The van der Waals surface area contributed by atoms with Gasteiger partial charge in [0.15, 0.2) is 0 Å². The maximum absolute atomic E-state index is 5.67. The lowest BCUT2D eigenvalue weighted by atomic mass is 10.2. The molecule has 1 aromatic heterocycles. The molecule has 2 aromatic carbocycles. The molecule has 1 N–H and O–H groups in total. The van der Waals surface area contributed by atoms with Crippen molar-refractivity contribution in [3.8, 4) is 5.75 Å². The number of ether oxygens (including phenoxy) is 1. The molecule has 0 unspecified atom stereocenters. The van der Waals surface area contributed by atoms with Crippen molar-refractivity contribution in [3.05, 3.63) is 54.9 Å². The molecule has 0 bridgehead atoms. The maximum atomic E-state index is 5.67. The minimum absolute atomic E-state index is 0. The Morgan fingerprint density at radius 1 is 1.00 bits per heavy atom. The number of nitrogens with zero attached hydrogens (tertiary/aromatic N) is 2. The zero-order valence-corrected chi connectivity index (χ0v) is 13.8. The Labute approximate surface area is 142 Å². The summed E-state index contributed by atoms with van der Waals surface area (Å²) in [6.45, 7) is 2.92. The molecule has 4 nitrogen and oxygen atoms in total. The van der Waals surface area contributed by atoms with E-state index in [0.29, 0.717) is 0 Å². The molecule has 120 valence electrons. The lowest BCUT2D eigenvalue weighted by Gasteiger charge is -2.09. The molecule has 0 radical (unpaired) electrons. The monoisotopic (exact) mass is 329 g/mol. The highest BCUT2D eigenvalue weighted by molar-refractivity contribution is 5.90. The Balaban J connectivity index is 0.00000192. The van der Waals surface area contributed by atoms with Crippen LogP contribution in [0.2, 0.25) is 0 Å². The Morgan fingerprint density at radius 2 is 1.78 bits per heavy atom. The summed E-state index contributed by atoms with van der Waals surface area (Å²) in [5, 5.41) is 4.34. The van der Waals surface area contributed by atoms with Crippen LogP contribution in [0, 0.1) is 0 Å². The van der Waals surface area contributed by atoms with Gasteiger partial charge in [-0.15, -0.1) is 12.4 Å². The summed E-state index contributed by atoms with van der Waals surface area (Å²) in [5.74, 6) is 1.71. The van der Waals surface area contributed by atoms with Crippen molar-refractivity contribution < 1.29 is 4.74 Å². The van der Waals surface area contributed by atoms with E-state index in [2.05, 4.69) is 22.2 Å². The van der Waals surface area contributed by atoms with E-state index in [0.717, 1.165) is 47.6 Å². The molecule has 1 heterocycles. The number of hydrogen-bond donors (Lipinski definition) is 1. The van der Waals surface area contributed by atoms with Crippen LogP contribution >= 0.6 is 12.4 Å². The number of halogens is 1. The van der Waals surface area contributed by atoms with E-state index >= 15 is 0 Å². The van der Waals surface area contributed by atoms with Crippen LogP contribution in [0.25, 0.3) is 10.9 Å². The SMILES string of the molecule is CCCCOc1ccc(Nc2ncnc3ccccc23)cc1.Cl. The van der Waals surface area contributed by atoms with E-state index in [1.54, 1.807) is 6.33 Å². The highest BCUT2D eigenvalue weighted by Gasteiger charge is 2.03. The highest BCUT2D eigenvalue weighted by Crippen LogP contribution is 2.24. The molecule has 3 aromatic rings. The van der Waals surface area contributed by atoms with Gasteiger partial charge in [-0.3, -0.25) is 0 Å². The molecule has 0 amide bonds. The Morgan fingerprint density at radius 3 is 2.57 bits per heavy atom. The van der Waals surface area contributed by atoms with Gasteiger partial charge in [0.25, 0.3) is 0 Å². The van der Waals surface area contributed by atoms with Gasteiger partial charge in [-0.25, -0.2) is 9.97 Å². The lowest BCUT2D eigenvalue weighted by Crippen LogP contribution is -1.98. The number of benzene rings is 2. The molecule has 0 aliphatic heterocycles. The van der Waals surface area contributed by atoms with Gasteiger partial charge < -0.3 is 10.1 Å². The summed E-state index contributed by atoms with van der Waals surface area (Å²) < 4.78 is 5.67. The first-order valence-corrected chi connectivity index (χ1v) is 7.56. The zero-order valence-electron chi connectivity index (χ0n) is 13.0. The van der Waals surface area contributed by atoms with Crippen molar-refractivity contribution in [3.63, 3.8) is 0 Å². The first-order valence-electron chi connectivity index (χ1n) is 7.56. The summed E-state index contributed by atoms with van der Waals surface area (Å²) in [6.07, 6.45) is 3.79. The van der Waals surface area contributed by atoms with Gasteiger partial charge in [-0.1, -0.05) is 25.5 Å². The van der Waals surface area contributed by atoms with E-state index < -0.39 is 0 Å². The fourth-order valence-corrected chi connectivity index (χ4v) is 2.21. The molecule has 0 saturated carbocycles. The van der Waals surface area contributed by atoms with Gasteiger partial charge in [0.2, 0.25) is 0 Å². The topological polar surface area (TPSA) is 47.0 Å².